The van der Waals surface area contributed by atoms with Gasteiger partial charge in [-0.2, -0.15) is 0 Å². The second-order valence-corrected chi connectivity index (χ2v) is 6.27. The number of methoxy groups -OCH3 is 1. The van der Waals surface area contributed by atoms with Gasteiger partial charge in [-0.3, -0.25) is 4.79 Å². The predicted octanol–water partition coefficient (Wildman–Crippen LogP) is 4.17. The Hall–Kier alpha value is -1.07. The van der Waals surface area contributed by atoms with Crippen molar-refractivity contribution in [2.75, 3.05) is 13.7 Å². The van der Waals surface area contributed by atoms with E-state index in [2.05, 4.69) is 5.32 Å². The Bertz CT molecular complexity index is 583. The first kappa shape index (κ1) is 15.3. The van der Waals surface area contributed by atoms with E-state index < -0.39 is 0 Å². The number of amides is 1. The number of halogens is 2. The minimum Gasteiger partial charge on any atom is -0.374 e. The highest BCUT2D eigenvalue weighted by Crippen LogP contribution is 2.28. The molecule has 1 amide bonds. The maximum absolute atomic E-state index is 12.0. The van der Waals surface area contributed by atoms with Crippen molar-refractivity contribution in [1.29, 1.82) is 0 Å². The predicted molar refractivity (Wildman–Crippen MR) is 82.9 cm³/mol. The van der Waals surface area contributed by atoms with Gasteiger partial charge in [-0.1, -0.05) is 23.2 Å². The van der Waals surface area contributed by atoms with Gasteiger partial charge < -0.3 is 10.1 Å². The van der Waals surface area contributed by atoms with Crippen molar-refractivity contribution < 1.29 is 9.53 Å². The Morgan fingerprint density at radius 1 is 1.25 bits per heavy atom. The summed E-state index contributed by atoms with van der Waals surface area (Å²) in [5.41, 5.74) is 0.563. The highest BCUT2D eigenvalue weighted by Gasteiger charge is 2.15. The van der Waals surface area contributed by atoms with Crippen LogP contribution in [0.25, 0.3) is 0 Å². The van der Waals surface area contributed by atoms with Crippen molar-refractivity contribution >= 4 is 40.4 Å². The number of benzene rings is 1. The average molecular weight is 330 g/mol. The van der Waals surface area contributed by atoms with Gasteiger partial charge in [-0.15, -0.1) is 11.3 Å². The van der Waals surface area contributed by atoms with Crippen LogP contribution in [0.15, 0.2) is 36.4 Å². The number of carbonyl (C=O) groups is 1. The first-order valence-corrected chi connectivity index (χ1v) is 7.49. The van der Waals surface area contributed by atoms with Crippen molar-refractivity contribution in [3.05, 3.63) is 56.2 Å². The third kappa shape index (κ3) is 3.96. The molecule has 3 nitrogen and oxygen atoms in total. The van der Waals surface area contributed by atoms with Gasteiger partial charge >= 0.3 is 0 Å². The topological polar surface area (TPSA) is 38.3 Å². The fourth-order valence-electron chi connectivity index (χ4n) is 1.69. The molecular formula is C14H13Cl2NO2S. The van der Waals surface area contributed by atoms with E-state index >= 15 is 0 Å². The third-order valence-corrected chi connectivity index (χ3v) is 4.33. The summed E-state index contributed by atoms with van der Waals surface area (Å²) < 4.78 is 6.07. The van der Waals surface area contributed by atoms with E-state index in [1.165, 1.54) is 11.3 Å². The van der Waals surface area contributed by atoms with Crippen LogP contribution in [0.2, 0.25) is 9.36 Å². The molecule has 0 aliphatic heterocycles. The number of rotatable bonds is 5. The SMILES string of the molecule is COC(CNC(=O)c1ccc(Cl)cc1)c1ccc(Cl)s1. The molecule has 0 aliphatic carbocycles. The van der Waals surface area contributed by atoms with Gasteiger partial charge in [0.2, 0.25) is 0 Å². The molecule has 0 aliphatic rings. The molecular weight excluding hydrogens is 317 g/mol. The number of hydrogen-bond acceptors (Lipinski definition) is 3. The average Bonchev–Trinajstić information content (AvgIpc) is 2.86. The molecule has 20 heavy (non-hydrogen) atoms. The number of thiophene rings is 1. The molecule has 2 rings (SSSR count). The third-order valence-electron chi connectivity index (χ3n) is 2.75. The molecule has 1 unspecified atom stereocenters. The lowest BCUT2D eigenvalue weighted by molar-refractivity contribution is 0.0837. The van der Waals surface area contributed by atoms with Crippen LogP contribution in [0.3, 0.4) is 0 Å². The van der Waals surface area contributed by atoms with Gasteiger partial charge in [0.1, 0.15) is 6.10 Å². The quantitative estimate of drug-likeness (QED) is 0.893. The molecule has 0 saturated heterocycles. The van der Waals surface area contributed by atoms with Crippen molar-refractivity contribution in [1.82, 2.24) is 5.32 Å². The van der Waals surface area contributed by atoms with Gasteiger partial charge in [0.15, 0.2) is 0 Å². The Morgan fingerprint density at radius 3 is 2.50 bits per heavy atom. The summed E-state index contributed by atoms with van der Waals surface area (Å²) in [6.45, 7) is 0.384. The van der Waals surface area contributed by atoms with E-state index in [0.29, 0.717) is 21.5 Å². The smallest absolute Gasteiger partial charge is 0.251 e. The molecule has 1 heterocycles. The molecule has 1 atom stereocenters. The summed E-state index contributed by atoms with van der Waals surface area (Å²) in [6, 6.07) is 10.4. The van der Waals surface area contributed by atoms with E-state index in [0.717, 1.165) is 4.88 Å². The van der Waals surface area contributed by atoms with Gasteiger partial charge in [0.25, 0.3) is 5.91 Å². The highest BCUT2D eigenvalue weighted by atomic mass is 35.5. The lowest BCUT2D eigenvalue weighted by Gasteiger charge is -2.14. The van der Waals surface area contributed by atoms with Gasteiger partial charge in [0.05, 0.1) is 4.34 Å². The van der Waals surface area contributed by atoms with Crippen molar-refractivity contribution in [3.63, 3.8) is 0 Å². The lowest BCUT2D eigenvalue weighted by Crippen LogP contribution is -2.28. The minimum absolute atomic E-state index is 0.161. The Labute approximate surface area is 131 Å². The van der Waals surface area contributed by atoms with Crippen molar-refractivity contribution in [3.8, 4) is 0 Å². The van der Waals surface area contributed by atoms with Gasteiger partial charge in [0, 0.05) is 29.1 Å². The van der Waals surface area contributed by atoms with E-state index in [9.17, 15) is 4.79 Å². The zero-order valence-electron chi connectivity index (χ0n) is 10.7. The molecule has 1 aromatic heterocycles. The molecule has 0 radical (unpaired) electrons. The van der Waals surface area contributed by atoms with Crippen LogP contribution in [0.4, 0.5) is 0 Å². The Kier molecular flexibility index (Phi) is 5.43. The second-order valence-electron chi connectivity index (χ2n) is 4.08. The summed E-state index contributed by atoms with van der Waals surface area (Å²) in [6.07, 6.45) is -0.205. The minimum atomic E-state index is -0.205. The van der Waals surface area contributed by atoms with E-state index in [1.807, 2.05) is 12.1 Å². The van der Waals surface area contributed by atoms with Crippen LogP contribution < -0.4 is 5.32 Å². The van der Waals surface area contributed by atoms with Crippen molar-refractivity contribution in [2.45, 2.75) is 6.10 Å². The van der Waals surface area contributed by atoms with E-state index in [-0.39, 0.29) is 12.0 Å². The summed E-state index contributed by atoms with van der Waals surface area (Å²) in [5.74, 6) is -0.161. The number of nitrogens with one attached hydrogen (secondary N) is 1. The van der Waals surface area contributed by atoms with Crippen LogP contribution in [0, 0.1) is 0 Å². The zero-order valence-corrected chi connectivity index (χ0v) is 13.1. The van der Waals surface area contributed by atoms with Gasteiger partial charge in [-0.05, 0) is 36.4 Å². The molecule has 1 N–H and O–H groups in total. The molecule has 2 aromatic rings. The van der Waals surface area contributed by atoms with Crippen LogP contribution in [-0.4, -0.2) is 19.6 Å². The fourth-order valence-corrected chi connectivity index (χ4v) is 2.95. The lowest BCUT2D eigenvalue weighted by atomic mass is 10.2. The van der Waals surface area contributed by atoms with E-state index in [4.69, 9.17) is 27.9 Å². The standard InChI is InChI=1S/C14H13Cl2NO2S/c1-19-11(12-6-7-13(16)20-12)8-17-14(18)9-2-4-10(15)5-3-9/h2-7,11H,8H2,1H3,(H,17,18). The summed E-state index contributed by atoms with van der Waals surface area (Å²) >= 11 is 13.1. The van der Waals surface area contributed by atoms with Crippen LogP contribution in [0.1, 0.15) is 21.3 Å². The number of ether oxygens (including phenoxy) is 1. The molecule has 0 fully saturated rings. The first-order valence-electron chi connectivity index (χ1n) is 5.92. The molecule has 0 saturated carbocycles. The number of carbonyl (C=O) groups excluding carboxylic acids is 1. The van der Waals surface area contributed by atoms with Crippen LogP contribution in [0.5, 0.6) is 0 Å². The van der Waals surface area contributed by atoms with Gasteiger partial charge in [-0.25, -0.2) is 0 Å². The summed E-state index contributed by atoms with van der Waals surface area (Å²) in [5, 5.41) is 3.44. The molecule has 6 heteroatoms. The van der Waals surface area contributed by atoms with Crippen molar-refractivity contribution in [2.24, 2.45) is 0 Å². The maximum atomic E-state index is 12.0. The zero-order chi connectivity index (χ0) is 14.5. The summed E-state index contributed by atoms with van der Waals surface area (Å²) in [4.78, 5) is 13.0. The fraction of sp³-hybridized carbons (Fsp3) is 0.214. The summed E-state index contributed by atoms with van der Waals surface area (Å²) in [7, 11) is 1.60. The monoisotopic (exact) mass is 329 g/mol. The molecule has 1 aromatic carbocycles. The van der Waals surface area contributed by atoms with Crippen LogP contribution >= 0.6 is 34.5 Å². The molecule has 106 valence electrons. The number of hydrogen-bond donors (Lipinski definition) is 1. The molecule has 0 bridgehead atoms. The normalized spacial score (nSPS) is 12.2. The maximum Gasteiger partial charge on any atom is 0.251 e. The first-order chi connectivity index (χ1) is 9.60. The Balaban J connectivity index is 1.96. The molecule has 0 spiro atoms. The van der Waals surface area contributed by atoms with Crippen LogP contribution in [-0.2, 0) is 4.74 Å². The Morgan fingerprint density at radius 2 is 1.95 bits per heavy atom. The highest BCUT2D eigenvalue weighted by molar-refractivity contribution is 7.16. The largest absolute Gasteiger partial charge is 0.374 e. The van der Waals surface area contributed by atoms with E-state index in [1.54, 1.807) is 31.4 Å². The second kappa shape index (κ2) is 7.09.